The zero-order chi connectivity index (χ0) is 18.0. The molecule has 5 nitrogen and oxygen atoms in total. The fourth-order valence-corrected chi connectivity index (χ4v) is 4.20. The summed E-state index contributed by atoms with van der Waals surface area (Å²) in [4.78, 5) is 16.2. The average molecular weight is 561 g/mol. The molecule has 3 rings (SSSR count). The number of hydrogen-bond acceptors (Lipinski definition) is 5. The molecular weight excluding hydrogens is 548 g/mol. The Hall–Kier alpha value is -1.62. The molecule has 1 aromatic heterocycles. The number of hydrogen-bond donors (Lipinski definition) is 0. The maximum absolute atomic E-state index is 12.0. The van der Waals surface area contributed by atoms with Gasteiger partial charge in [0.1, 0.15) is 12.4 Å². The van der Waals surface area contributed by atoms with Crippen LogP contribution >= 0.6 is 45.2 Å². The Balaban J connectivity index is 1.88. The highest BCUT2D eigenvalue weighted by molar-refractivity contribution is 14.1. The first-order valence-corrected chi connectivity index (χ1v) is 9.42. The zero-order valence-corrected chi connectivity index (χ0v) is 17.5. The smallest absolute Gasteiger partial charge is 0.363 e. The number of carbonyl (C=O) groups is 1. The van der Waals surface area contributed by atoms with E-state index in [0.717, 1.165) is 24.0 Å². The maximum Gasteiger partial charge on any atom is 0.363 e. The summed E-state index contributed by atoms with van der Waals surface area (Å²) in [6, 6.07) is 7.25. The van der Waals surface area contributed by atoms with Gasteiger partial charge in [-0.3, -0.25) is 0 Å². The number of cyclic esters (lactones) is 1. The second-order valence-electron chi connectivity index (χ2n) is 5.37. The van der Waals surface area contributed by atoms with Crippen molar-refractivity contribution in [2.45, 2.75) is 6.92 Å². The number of furan rings is 1. The second-order valence-corrected chi connectivity index (χ2v) is 7.70. The second kappa shape index (κ2) is 7.73. The van der Waals surface area contributed by atoms with Crippen LogP contribution in [-0.2, 0) is 9.53 Å². The number of benzene rings is 1. The molecule has 1 aliphatic heterocycles. The van der Waals surface area contributed by atoms with Crippen LogP contribution in [0.4, 0.5) is 0 Å². The van der Waals surface area contributed by atoms with Crippen molar-refractivity contribution in [1.29, 1.82) is 0 Å². The molecule has 25 heavy (non-hydrogen) atoms. The Morgan fingerprint density at radius 3 is 2.68 bits per heavy atom. The van der Waals surface area contributed by atoms with E-state index >= 15 is 0 Å². The van der Waals surface area contributed by atoms with Crippen LogP contribution in [0.2, 0.25) is 0 Å². The molecule has 2 heterocycles. The molecule has 0 atom stereocenters. The molecule has 128 valence electrons. The predicted molar refractivity (Wildman–Crippen MR) is 111 cm³/mol. The van der Waals surface area contributed by atoms with E-state index in [9.17, 15) is 4.79 Å². The number of nitrogens with zero attached hydrogens (tertiary/aromatic N) is 1. The molecule has 0 saturated carbocycles. The van der Waals surface area contributed by atoms with Crippen LogP contribution in [0.5, 0.6) is 5.75 Å². The minimum absolute atomic E-state index is 0.173. The van der Waals surface area contributed by atoms with E-state index in [4.69, 9.17) is 13.9 Å². The van der Waals surface area contributed by atoms with Crippen molar-refractivity contribution in [3.63, 3.8) is 0 Å². The summed E-state index contributed by atoms with van der Waals surface area (Å²) < 4.78 is 18.0. The third kappa shape index (κ3) is 4.32. The molecule has 0 bridgehead atoms. The van der Waals surface area contributed by atoms with Crippen molar-refractivity contribution in [2.24, 2.45) is 4.99 Å². The number of rotatable bonds is 5. The SMILES string of the molecule is C=C(C)COc1c(I)cc(C=C2N=C(c3ccco3)OC2=O)cc1I. The Morgan fingerprint density at radius 1 is 1.36 bits per heavy atom. The zero-order valence-electron chi connectivity index (χ0n) is 13.2. The first-order chi connectivity index (χ1) is 11.9. The lowest BCUT2D eigenvalue weighted by atomic mass is 10.2. The van der Waals surface area contributed by atoms with Gasteiger partial charge in [-0.2, -0.15) is 0 Å². The molecule has 0 radical (unpaired) electrons. The van der Waals surface area contributed by atoms with E-state index in [0.29, 0.717) is 12.4 Å². The quantitative estimate of drug-likeness (QED) is 0.228. The third-order valence-corrected chi connectivity index (χ3v) is 4.74. The molecule has 7 heteroatoms. The standard InChI is InChI=1S/C18H13I2NO4/c1-10(2)9-24-16-12(19)6-11(7-13(16)20)8-14-18(22)25-17(21-14)15-4-3-5-23-15/h3-8H,1,9H2,2H3. The topological polar surface area (TPSA) is 61.0 Å². The van der Waals surface area contributed by atoms with Gasteiger partial charge in [-0.15, -0.1) is 0 Å². The van der Waals surface area contributed by atoms with E-state index in [1.165, 1.54) is 6.26 Å². The largest absolute Gasteiger partial charge is 0.487 e. The normalized spacial score (nSPS) is 15.2. The predicted octanol–water partition coefficient (Wildman–Crippen LogP) is 4.79. The Bertz CT molecular complexity index is 875. The summed E-state index contributed by atoms with van der Waals surface area (Å²) in [6.07, 6.45) is 3.19. The van der Waals surface area contributed by atoms with Crippen LogP contribution in [-0.4, -0.2) is 18.5 Å². The average Bonchev–Trinajstić information content (AvgIpc) is 3.16. The summed E-state index contributed by atoms with van der Waals surface area (Å²) in [5, 5.41) is 0. The van der Waals surface area contributed by atoms with Crippen LogP contribution in [0, 0.1) is 7.14 Å². The van der Waals surface area contributed by atoms with Crippen molar-refractivity contribution in [1.82, 2.24) is 0 Å². The van der Waals surface area contributed by atoms with E-state index in [1.807, 2.05) is 19.1 Å². The van der Waals surface area contributed by atoms with Gasteiger partial charge in [0.05, 0.1) is 13.4 Å². The van der Waals surface area contributed by atoms with Gasteiger partial charge in [0.15, 0.2) is 11.5 Å². The Labute approximate surface area is 172 Å². The lowest BCUT2D eigenvalue weighted by Gasteiger charge is -2.11. The number of ether oxygens (including phenoxy) is 2. The monoisotopic (exact) mass is 561 g/mol. The van der Waals surface area contributed by atoms with Crippen molar-refractivity contribution < 1.29 is 18.7 Å². The Kier molecular flexibility index (Phi) is 5.62. The molecule has 1 aliphatic rings. The third-order valence-electron chi connectivity index (χ3n) is 3.14. The molecule has 0 fully saturated rings. The molecule has 0 saturated heterocycles. The van der Waals surface area contributed by atoms with Crippen LogP contribution < -0.4 is 4.74 Å². The van der Waals surface area contributed by atoms with Crippen molar-refractivity contribution in [2.75, 3.05) is 6.61 Å². The summed E-state index contributed by atoms with van der Waals surface area (Å²) >= 11 is 4.41. The minimum atomic E-state index is -0.501. The highest BCUT2D eigenvalue weighted by Gasteiger charge is 2.26. The Morgan fingerprint density at radius 2 is 2.08 bits per heavy atom. The van der Waals surface area contributed by atoms with Gasteiger partial charge in [0.2, 0.25) is 0 Å². The maximum atomic E-state index is 12.0. The van der Waals surface area contributed by atoms with E-state index in [-0.39, 0.29) is 11.6 Å². The first kappa shape index (κ1) is 18.2. The van der Waals surface area contributed by atoms with Gasteiger partial charge >= 0.3 is 5.97 Å². The fourth-order valence-electron chi connectivity index (χ4n) is 2.07. The summed E-state index contributed by atoms with van der Waals surface area (Å²) in [6.45, 7) is 6.22. The highest BCUT2D eigenvalue weighted by Crippen LogP contribution is 2.30. The molecule has 2 aromatic rings. The van der Waals surface area contributed by atoms with Gasteiger partial charge in [0, 0.05) is 0 Å². The highest BCUT2D eigenvalue weighted by atomic mass is 127. The van der Waals surface area contributed by atoms with Crippen LogP contribution in [0.3, 0.4) is 0 Å². The summed E-state index contributed by atoms with van der Waals surface area (Å²) in [5.41, 5.74) is 2.02. The minimum Gasteiger partial charge on any atom is -0.487 e. The lowest BCUT2D eigenvalue weighted by Crippen LogP contribution is -2.04. The van der Waals surface area contributed by atoms with Gasteiger partial charge in [-0.05, 0) is 93.6 Å². The van der Waals surface area contributed by atoms with Crippen molar-refractivity contribution >= 4 is 63.1 Å². The summed E-state index contributed by atoms with van der Waals surface area (Å²) in [5.74, 6) is 0.899. The van der Waals surface area contributed by atoms with Gasteiger partial charge in [-0.1, -0.05) is 6.58 Å². The van der Waals surface area contributed by atoms with E-state index in [2.05, 4.69) is 56.8 Å². The molecule has 0 spiro atoms. The molecule has 0 aliphatic carbocycles. The molecular formula is C18H13I2NO4. The molecule has 0 N–H and O–H groups in total. The fraction of sp³-hybridized carbons (Fsp3) is 0.111. The van der Waals surface area contributed by atoms with Crippen LogP contribution in [0.1, 0.15) is 18.2 Å². The van der Waals surface area contributed by atoms with Crippen molar-refractivity contribution in [3.05, 3.63) is 66.8 Å². The van der Waals surface area contributed by atoms with Crippen molar-refractivity contribution in [3.8, 4) is 5.75 Å². The molecule has 1 aromatic carbocycles. The van der Waals surface area contributed by atoms with Crippen LogP contribution in [0.25, 0.3) is 6.08 Å². The number of carbonyl (C=O) groups excluding carboxylic acids is 1. The number of esters is 1. The van der Waals surface area contributed by atoms with Crippen LogP contribution in [0.15, 0.2) is 57.8 Å². The van der Waals surface area contributed by atoms with Gasteiger partial charge in [-0.25, -0.2) is 9.79 Å². The van der Waals surface area contributed by atoms with E-state index in [1.54, 1.807) is 18.2 Å². The van der Waals surface area contributed by atoms with Gasteiger partial charge < -0.3 is 13.9 Å². The first-order valence-electron chi connectivity index (χ1n) is 7.26. The lowest BCUT2D eigenvalue weighted by molar-refractivity contribution is -0.130. The number of aliphatic imine (C=N–C) groups is 1. The summed E-state index contributed by atoms with van der Waals surface area (Å²) in [7, 11) is 0. The molecule has 0 amide bonds. The van der Waals surface area contributed by atoms with Gasteiger partial charge in [0.25, 0.3) is 5.90 Å². The molecule has 0 unspecified atom stereocenters. The number of halogens is 2. The van der Waals surface area contributed by atoms with E-state index < -0.39 is 5.97 Å².